The molecule has 0 saturated carbocycles. The second kappa shape index (κ2) is 7.85. The fraction of sp³-hybridized carbons (Fsp3) is 0.471. The maximum absolute atomic E-state index is 11.4. The van der Waals surface area contributed by atoms with Gasteiger partial charge in [0.05, 0.1) is 12.2 Å². The van der Waals surface area contributed by atoms with Crippen molar-refractivity contribution in [1.82, 2.24) is 0 Å². The number of methoxy groups -OCH3 is 1. The van der Waals surface area contributed by atoms with Crippen molar-refractivity contribution in [3.63, 3.8) is 0 Å². The van der Waals surface area contributed by atoms with Crippen molar-refractivity contribution in [3.05, 3.63) is 41.5 Å². The van der Waals surface area contributed by atoms with Gasteiger partial charge < -0.3 is 9.47 Å². The van der Waals surface area contributed by atoms with E-state index in [2.05, 4.69) is 19.9 Å². The van der Waals surface area contributed by atoms with E-state index in [1.165, 1.54) is 11.6 Å². The number of benzene rings is 1. The highest BCUT2D eigenvalue weighted by molar-refractivity contribution is 5.87. The molecule has 20 heavy (non-hydrogen) atoms. The molecule has 0 spiro atoms. The molecule has 1 rings (SSSR count). The molecule has 3 nitrogen and oxygen atoms in total. The van der Waals surface area contributed by atoms with Gasteiger partial charge in [0.1, 0.15) is 0 Å². The van der Waals surface area contributed by atoms with Crippen molar-refractivity contribution in [2.45, 2.75) is 39.2 Å². The Kier molecular flexibility index (Phi) is 6.46. The zero-order chi connectivity index (χ0) is 15.0. The van der Waals surface area contributed by atoms with Gasteiger partial charge in [-0.15, -0.1) is 0 Å². The van der Waals surface area contributed by atoms with Gasteiger partial charge in [0, 0.05) is 19.6 Å². The van der Waals surface area contributed by atoms with Crippen LogP contribution in [0.25, 0.3) is 6.08 Å². The van der Waals surface area contributed by atoms with Crippen LogP contribution in [0.3, 0.4) is 0 Å². The molecule has 1 aromatic rings. The van der Waals surface area contributed by atoms with Crippen LogP contribution in [0.1, 0.15) is 38.3 Å². The molecule has 0 bridgehead atoms. The van der Waals surface area contributed by atoms with Crippen molar-refractivity contribution >= 4 is 12.0 Å². The third kappa shape index (κ3) is 4.82. The van der Waals surface area contributed by atoms with E-state index in [1.807, 2.05) is 18.2 Å². The third-order valence-electron chi connectivity index (χ3n) is 3.55. The molecule has 3 heteroatoms. The summed E-state index contributed by atoms with van der Waals surface area (Å²) in [6.45, 7) is 6.40. The van der Waals surface area contributed by atoms with E-state index in [-0.39, 0.29) is 11.6 Å². The first-order valence-electron chi connectivity index (χ1n) is 7.02. The molecule has 0 amide bonds. The summed E-state index contributed by atoms with van der Waals surface area (Å²) in [5, 5.41) is 0. The third-order valence-corrected chi connectivity index (χ3v) is 3.55. The van der Waals surface area contributed by atoms with E-state index >= 15 is 0 Å². The average molecular weight is 276 g/mol. The van der Waals surface area contributed by atoms with Crippen LogP contribution in [-0.4, -0.2) is 25.3 Å². The molecule has 0 radical (unpaired) electrons. The minimum atomic E-state index is -0.313. The Labute approximate surface area is 121 Å². The van der Waals surface area contributed by atoms with Gasteiger partial charge in [-0.2, -0.15) is 0 Å². The Morgan fingerprint density at radius 1 is 1.30 bits per heavy atom. The van der Waals surface area contributed by atoms with E-state index in [0.29, 0.717) is 6.61 Å². The van der Waals surface area contributed by atoms with Gasteiger partial charge in [0.15, 0.2) is 0 Å². The van der Waals surface area contributed by atoms with Gasteiger partial charge in [-0.3, -0.25) is 0 Å². The fourth-order valence-corrected chi connectivity index (χ4v) is 1.95. The number of ether oxygens (including phenoxy) is 2. The van der Waals surface area contributed by atoms with Crippen LogP contribution in [-0.2, 0) is 20.7 Å². The van der Waals surface area contributed by atoms with Gasteiger partial charge in [0.2, 0.25) is 0 Å². The summed E-state index contributed by atoms with van der Waals surface area (Å²) in [6.07, 6.45) is 5.01. The maximum atomic E-state index is 11.4. The lowest BCUT2D eigenvalue weighted by atomic mass is 9.91. The number of carbonyl (C=O) groups is 1. The second-order valence-electron chi connectivity index (χ2n) is 4.97. The van der Waals surface area contributed by atoms with E-state index in [1.54, 1.807) is 20.1 Å². The van der Waals surface area contributed by atoms with E-state index in [9.17, 15) is 4.79 Å². The van der Waals surface area contributed by atoms with Crippen LogP contribution in [0.2, 0.25) is 0 Å². The lowest BCUT2D eigenvalue weighted by Gasteiger charge is -2.27. The molecule has 110 valence electrons. The standard InChI is InChI=1S/C17H24O3/c1-5-17(3,19-4)13-15-10-8-7-9-14(15)11-12-16(18)20-6-2/h7-12H,5-6,13H2,1-4H3/b12-11+. The van der Waals surface area contributed by atoms with Gasteiger partial charge in [0.25, 0.3) is 0 Å². The Morgan fingerprint density at radius 3 is 2.60 bits per heavy atom. The first-order chi connectivity index (χ1) is 9.54. The summed E-state index contributed by atoms with van der Waals surface area (Å²) in [5.41, 5.74) is 2.00. The Bertz CT molecular complexity index is 459. The molecular weight excluding hydrogens is 252 g/mol. The predicted octanol–water partition coefficient (Wildman–Crippen LogP) is 3.62. The largest absolute Gasteiger partial charge is 0.463 e. The highest BCUT2D eigenvalue weighted by Crippen LogP contribution is 2.23. The van der Waals surface area contributed by atoms with Gasteiger partial charge in [-0.1, -0.05) is 31.2 Å². The van der Waals surface area contributed by atoms with Crippen molar-refractivity contribution in [2.24, 2.45) is 0 Å². The van der Waals surface area contributed by atoms with Crippen LogP contribution < -0.4 is 0 Å². The first-order valence-corrected chi connectivity index (χ1v) is 7.02. The normalized spacial score (nSPS) is 14.2. The number of rotatable bonds is 7. The SMILES string of the molecule is CCOC(=O)/C=C/c1ccccc1CC(C)(CC)OC. The summed E-state index contributed by atoms with van der Waals surface area (Å²) >= 11 is 0. The Hall–Kier alpha value is -1.61. The predicted molar refractivity (Wildman–Crippen MR) is 81.5 cm³/mol. The fourth-order valence-electron chi connectivity index (χ4n) is 1.95. The summed E-state index contributed by atoms with van der Waals surface area (Å²) in [5.74, 6) is -0.313. The van der Waals surface area contributed by atoms with Crippen LogP contribution >= 0.6 is 0 Å². The second-order valence-corrected chi connectivity index (χ2v) is 4.97. The maximum Gasteiger partial charge on any atom is 0.330 e. The minimum Gasteiger partial charge on any atom is -0.463 e. The molecule has 0 aromatic heterocycles. The molecule has 0 aliphatic heterocycles. The molecule has 1 unspecified atom stereocenters. The highest BCUT2D eigenvalue weighted by atomic mass is 16.5. The van der Waals surface area contributed by atoms with Crippen molar-refractivity contribution in [1.29, 1.82) is 0 Å². The highest BCUT2D eigenvalue weighted by Gasteiger charge is 2.22. The van der Waals surface area contributed by atoms with E-state index < -0.39 is 0 Å². The quantitative estimate of drug-likeness (QED) is 0.563. The van der Waals surface area contributed by atoms with Crippen LogP contribution in [0, 0.1) is 0 Å². The molecule has 1 aromatic carbocycles. The van der Waals surface area contributed by atoms with E-state index in [4.69, 9.17) is 9.47 Å². The summed E-state index contributed by atoms with van der Waals surface area (Å²) in [6, 6.07) is 8.03. The number of hydrogen-bond acceptors (Lipinski definition) is 3. The lowest BCUT2D eigenvalue weighted by molar-refractivity contribution is -0.137. The van der Waals surface area contributed by atoms with E-state index in [0.717, 1.165) is 18.4 Å². The molecule has 0 heterocycles. The van der Waals surface area contributed by atoms with Crippen molar-refractivity contribution in [2.75, 3.05) is 13.7 Å². The first kappa shape index (κ1) is 16.4. The molecule has 0 aliphatic rings. The van der Waals surface area contributed by atoms with Crippen molar-refractivity contribution < 1.29 is 14.3 Å². The molecule has 0 saturated heterocycles. The lowest BCUT2D eigenvalue weighted by Crippen LogP contribution is -2.29. The topological polar surface area (TPSA) is 35.5 Å². The molecule has 0 N–H and O–H groups in total. The van der Waals surface area contributed by atoms with Gasteiger partial charge in [-0.05, 0) is 37.5 Å². The van der Waals surface area contributed by atoms with Gasteiger partial charge >= 0.3 is 5.97 Å². The van der Waals surface area contributed by atoms with Crippen LogP contribution in [0.5, 0.6) is 0 Å². The zero-order valence-corrected chi connectivity index (χ0v) is 12.8. The number of hydrogen-bond donors (Lipinski definition) is 0. The molecule has 0 aliphatic carbocycles. The molecular formula is C17H24O3. The summed E-state index contributed by atoms with van der Waals surface area (Å²) < 4.78 is 10.5. The molecule has 1 atom stereocenters. The average Bonchev–Trinajstić information content (AvgIpc) is 2.46. The smallest absolute Gasteiger partial charge is 0.330 e. The summed E-state index contributed by atoms with van der Waals surface area (Å²) in [4.78, 5) is 11.4. The Morgan fingerprint density at radius 2 is 2.00 bits per heavy atom. The van der Waals surface area contributed by atoms with Crippen LogP contribution in [0.15, 0.2) is 30.3 Å². The summed E-state index contributed by atoms with van der Waals surface area (Å²) in [7, 11) is 1.74. The Balaban J connectivity index is 2.91. The molecule has 0 fully saturated rings. The number of carbonyl (C=O) groups excluding carboxylic acids is 1. The minimum absolute atomic E-state index is 0.187. The zero-order valence-electron chi connectivity index (χ0n) is 12.8. The monoisotopic (exact) mass is 276 g/mol. The van der Waals surface area contributed by atoms with Crippen molar-refractivity contribution in [3.8, 4) is 0 Å². The number of esters is 1. The van der Waals surface area contributed by atoms with Crippen LogP contribution in [0.4, 0.5) is 0 Å². The van der Waals surface area contributed by atoms with Gasteiger partial charge in [-0.25, -0.2) is 4.79 Å².